The Kier molecular flexibility index (Phi) is 5.14. The first kappa shape index (κ1) is 15.0. The molecule has 0 atom stereocenters. The standard InChI is InChI=1S/C14H20N2O3S/c1-11(2)19-9-13(17)15-4-6-16(7-5-15)14(18)12-3-8-20-10-12/h3,8,10-11H,4-7,9H2,1-2H3. The van der Waals surface area contributed by atoms with Crippen LogP contribution in [-0.2, 0) is 9.53 Å². The van der Waals surface area contributed by atoms with Gasteiger partial charge in [0.1, 0.15) is 6.61 Å². The summed E-state index contributed by atoms with van der Waals surface area (Å²) in [5.41, 5.74) is 0.734. The second kappa shape index (κ2) is 6.85. The van der Waals surface area contributed by atoms with Crippen LogP contribution in [0.1, 0.15) is 24.2 Å². The molecule has 110 valence electrons. The molecule has 6 heteroatoms. The maximum Gasteiger partial charge on any atom is 0.254 e. The first-order valence-electron chi connectivity index (χ1n) is 6.79. The van der Waals surface area contributed by atoms with Gasteiger partial charge in [-0.25, -0.2) is 0 Å². The lowest BCUT2D eigenvalue weighted by molar-refractivity contribution is -0.139. The van der Waals surface area contributed by atoms with Crippen LogP contribution >= 0.6 is 11.3 Å². The molecule has 20 heavy (non-hydrogen) atoms. The van der Waals surface area contributed by atoms with Crippen molar-refractivity contribution in [3.8, 4) is 0 Å². The Balaban J connectivity index is 1.80. The summed E-state index contributed by atoms with van der Waals surface area (Å²) in [6.45, 7) is 6.27. The Labute approximate surface area is 123 Å². The van der Waals surface area contributed by atoms with E-state index in [1.54, 1.807) is 9.80 Å². The van der Waals surface area contributed by atoms with Crippen molar-refractivity contribution < 1.29 is 14.3 Å². The van der Waals surface area contributed by atoms with Gasteiger partial charge in [-0.3, -0.25) is 9.59 Å². The molecule has 2 amide bonds. The van der Waals surface area contributed by atoms with E-state index in [-0.39, 0.29) is 24.5 Å². The molecule has 0 N–H and O–H groups in total. The molecule has 1 fully saturated rings. The second-order valence-electron chi connectivity index (χ2n) is 5.04. The van der Waals surface area contributed by atoms with Crippen LogP contribution in [0.25, 0.3) is 0 Å². The average molecular weight is 296 g/mol. The molecule has 0 aromatic carbocycles. The van der Waals surface area contributed by atoms with Crippen LogP contribution < -0.4 is 0 Å². The lowest BCUT2D eigenvalue weighted by atomic mass is 10.2. The van der Waals surface area contributed by atoms with Crippen molar-refractivity contribution in [1.82, 2.24) is 9.80 Å². The number of nitrogens with zero attached hydrogens (tertiary/aromatic N) is 2. The fourth-order valence-corrected chi connectivity index (χ4v) is 2.69. The highest BCUT2D eigenvalue weighted by Crippen LogP contribution is 2.12. The summed E-state index contributed by atoms with van der Waals surface area (Å²) in [5, 5.41) is 3.76. The number of rotatable bonds is 4. The topological polar surface area (TPSA) is 49.9 Å². The average Bonchev–Trinajstić information content (AvgIpc) is 2.98. The molecule has 1 aliphatic heterocycles. The highest BCUT2D eigenvalue weighted by Gasteiger charge is 2.24. The van der Waals surface area contributed by atoms with Crippen molar-refractivity contribution in [3.63, 3.8) is 0 Å². The van der Waals surface area contributed by atoms with Gasteiger partial charge >= 0.3 is 0 Å². The van der Waals surface area contributed by atoms with Crippen molar-refractivity contribution >= 4 is 23.2 Å². The van der Waals surface area contributed by atoms with Crippen LogP contribution in [0.3, 0.4) is 0 Å². The minimum absolute atomic E-state index is 0.00123. The summed E-state index contributed by atoms with van der Waals surface area (Å²) in [7, 11) is 0. The molecule has 5 nitrogen and oxygen atoms in total. The van der Waals surface area contributed by atoms with Gasteiger partial charge in [0.15, 0.2) is 0 Å². The summed E-state index contributed by atoms with van der Waals surface area (Å²) in [5.74, 6) is 0.0538. The van der Waals surface area contributed by atoms with E-state index in [0.29, 0.717) is 26.2 Å². The smallest absolute Gasteiger partial charge is 0.254 e. The summed E-state index contributed by atoms with van der Waals surface area (Å²) in [4.78, 5) is 27.6. The van der Waals surface area contributed by atoms with Crippen LogP contribution in [-0.4, -0.2) is 60.5 Å². The monoisotopic (exact) mass is 296 g/mol. The van der Waals surface area contributed by atoms with E-state index in [0.717, 1.165) is 5.56 Å². The fraction of sp³-hybridized carbons (Fsp3) is 0.571. The van der Waals surface area contributed by atoms with Crippen molar-refractivity contribution in [2.24, 2.45) is 0 Å². The molecule has 0 bridgehead atoms. The summed E-state index contributed by atoms with van der Waals surface area (Å²) >= 11 is 1.52. The van der Waals surface area contributed by atoms with Crippen LogP contribution in [0.4, 0.5) is 0 Å². The number of amides is 2. The first-order chi connectivity index (χ1) is 9.58. The Morgan fingerprint density at radius 1 is 1.25 bits per heavy atom. The van der Waals surface area contributed by atoms with Gasteiger partial charge in [-0.1, -0.05) is 0 Å². The van der Waals surface area contributed by atoms with E-state index in [1.807, 2.05) is 30.7 Å². The molecule has 0 unspecified atom stereocenters. The van der Waals surface area contributed by atoms with Gasteiger partial charge in [-0.05, 0) is 25.3 Å². The molecule has 1 saturated heterocycles. The minimum atomic E-state index is 0.00123. The zero-order valence-electron chi connectivity index (χ0n) is 11.9. The Morgan fingerprint density at radius 3 is 2.45 bits per heavy atom. The third-order valence-electron chi connectivity index (χ3n) is 3.23. The van der Waals surface area contributed by atoms with Gasteiger partial charge in [0.2, 0.25) is 5.91 Å². The normalized spacial score (nSPS) is 15.8. The minimum Gasteiger partial charge on any atom is -0.369 e. The van der Waals surface area contributed by atoms with Crippen molar-refractivity contribution in [2.45, 2.75) is 20.0 Å². The van der Waals surface area contributed by atoms with Gasteiger partial charge in [0.25, 0.3) is 5.91 Å². The van der Waals surface area contributed by atoms with Crippen molar-refractivity contribution in [1.29, 1.82) is 0 Å². The highest BCUT2D eigenvalue weighted by atomic mass is 32.1. The lowest BCUT2D eigenvalue weighted by Crippen LogP contribution is -2.51. The predicted octanol–water partition coefficient (Wildman–Crippen LogP) is 1.46. The lowest BCUT2D eigenvalue weighted by Gasteiger charge is -2.34. The third kappa shape index (κ3) is 3.80. The van der Waals surface area contributed by atoms with E-state index in [2.05, 4.69) is 0 Å². The van der Waals surface area contributed by atoms with Crippen molar-refractivity contribution in [3.05, 3.63) is 22.4 Å². The number of hydrogen-bond acceptors (Lipinski definition) is 4. The van der Waals surface area contributed by atoms with Gasteiger partial charge in [-0.2, -0.15) is 11.3 Å². The van der Waals surface area contributed by atoms with Crippen molar-refractivity contribution in [2.75, 3.05) is 32.8 Å². The largest absolute Gasteiger partial charge is 0.369 e. The SMILES string of the molecule is CC(C)OCC(=O)N1CCN(C(=O)c2ccsc2)CC1. The van der Waals surface area contributed by atoms with Gasteiger partial charge in [0.05, 0.1) is 11.7 Å². The molecule has 1 aromatic rings. The van der Waals surface area contributed by atoms with Gasteiger partial charge < -0.3 is 14.5 Å². The van der Waals surface area contributed by atoms with E-state index in [4.69, 9.17) is 4.74 Å². The third-order valence-corrected chi connectivity index (χ3v) is 3.91. The van der Waals surface area contributed by atoms with Crippen LogP contribution in [0.2, 0.25) is 0 Å². The zero-order valence-corrected chi connectivity index (χ0v) is 12.7. The number of piperazine rings is 1. The predicted molar refractivity (Wildman–Crippen MR) is 77.9 cm³/mol. The summed E-state index contributed by atoms with van der Waals surface area (Å²) in [6, 6.07) is 1.83. The van der Waals surface area contributed by atoms with Crippen LogP contribution in [0.5, 0.6) is 0 Å². The molecule has 1 aliphatic rings. The molecule has 1 aromatic heterocycles. The Hall–Kier alpha value is -1.40. The fourth-order valence-electron chi connectivity index (χ4n) is 2.06. The number of carbonyl (C=O) groups is 2. The summed E-state index contributed by atoms with van der Waals surface area (Å²) in [6.07, 6.45) is 0.0559. The number of thiophene rings is 1. The molecule has 0 radical (unpaired) electrons. The molecule has 2 heterocycles. The first-order valence-corrected chi connectivity index (χ1v) is 7.73. The molecular formula is C14H20N2O3S. The molecule has 0 aliphatic carbocycles. The van der Waals surface area contributed by atoms with Crippen LogP contribution in [0.15, 0.2) is 16.8 Å². The molecule has 2 rings (SSSR count). The van der Waals surface area contributed by atoms with E-state index in [1.165, 1.54) is 11.3 Å². The Bertz CT molecular complexity index is 451. The van der Waals surface area contributed by atoms with Gasteiger partial charge in [-0.15, -0.1) is 0 Å². The quantitative estimate of drug-likeness (QED) is 0.845. The highest BCUT2D eigenvalue weighted by molar-refractivity contribution is 7.08. The maximum absolute atomic E-state index is 12.2. The number of carbonyl (C=O) groups excluding carboxylic acids is 2. The van der Waals surface area contributed by atoms with Gasteiger partial charge in [0, 0.05) is 31.6 Å². The van der Waals surface area contributed by atoms with E-state index >= 15 is 0 Å². The van der Waals surface area contributed by atoms with E-state index < -0.39 is 0 Å². The second-order valence-corrected chi connectivity index (χ2v) is 5.82. The molecule has 0 saturated carbocycles. The maximum atomic E-state index is 12.2. The summed E-state index contributed by atoms with van der Waals surface area (Å²) < 4.78 is 5.32. The Morgan fingerprint density at radius 2 is 1.90 bits per heavy atom. The molecule has 0 spiro atoms. The van der Waals surface area contributed by atoms with Crippen LogP contribution in [0, 0.1) is 0 Å². The zero-order chi connectivity index (χ0) is 14.5. The number of ether oxygens (including phenoxy) is 1. The number of hydrogen-bond donors (Lipinski definition) is 0. The van der Waals surface area contributed by atoms with E-state index in [9.17, 15) is 9.59 Å². The molecular weight excluding hydrogens is 276 g/mol.